The molecule has 0 saturated heterocycles. The second-order valence-electron chi connectivity index (χ2n) is 4.73. The highest BCUT2D eigenvalue weighted by Crippen LogP contribution is 2.24. The summed E-state index contributed by atoms with van der Waals surface area (Å²) < 4.78 is 0. The van der Waals surface area contributed by atoms with E-state index in [0.29, 0.717) is 0 Å². The average molecular weight is 265 g/mol. The molecule has 0 bridgehead atoms. The Labute approximate surface area is 114 Å². The quantitative estimate of drug-likeness (QED) is 0.804. The van der Waals surface area contributed by atoms with Crippen LogP contribution in [0.25, 0.3) is 0 Å². The van der Waals surface area contributed by atoms with Crippen molar-refractivity contribution >= 4 is 17.5 Å². The molecule has 3 N–H and O–H groups in total. The van der Waals surface area contributed by atoms with E-state index in [1.807, 2.05) is 39.6 Å². The number of aryl methyl sites for hydroxylation is 1. The minimum absolute atomic E-state index is 0.135. The van der Waals surface area contributed by atoms with Gasteiger partial charge >= 0.3 is 0 Å². The summed E-state index contributed by atoms with van der Waals surface area (Å²) in [5.41, 5.74) is 6.25. The molecule has 0 atom stereocenters. The summed E-state index contributed by atoms with van der Waals surface area (Å²) in [6.07, 6.45) is 0.741. The zero-order chi connectivity index (χ0) is 14.6. The van der Waals surface area contributed by atoms with Crippen LogP contribution < -0.4 is 16.0 Å². The monoisotopic (exact) mass is 265 g/mol. The topological polar surface area (TPSA) is 84.1 Å². The molecule has 0 fully saturated rings. The van der Waals surface area contributed by atoms with Gasteiger partial charge in [-0.3, -0.25) is 4.79 Å². The highest BCUT2D eigenvalue weighted by Gasteiger charge is 2.19. The van der Waals surface area contributed by atoms with E-state index in [1.165, 1.54) is 0 Å². The van der Waals surface area contributed by atoms with Gasteiger partial charge in [-0.25, -0.2) is 9.97 Å². The van der Waals surface area contributed by atoms with Gasteiger partial charge in [0.2, 0.25) is 5.91 Å². The van der Waals surface area contributed by atoms with E-state index in [1.54, 1.807) is 0 Å². The molecule has 6 nitrogen and oxygen atoms in total. The number of carbonyl (C=O) groups is 1. The smallest absolute Gasteiger partial charge is 0.237 e. The zero-order valence-electron chi connectivity index (χ0n) is 12.3. The number of hydrogen-bond acceptors (Lipinski definition) is 5. The fraction of sp³-hybridized carbons (Fsp3) is 0.615. The molecule has 1 aromatic heterocycles. The summed E-state index contributed by atoms with van der Waals surface area (Å²) in [5.74, 6) is 1.94. The third-order valence-corrected chi connectivity index (χ3v) is 2.94. The van der Waals surface area contributed by atoms with Crippen LogP contribution in [0.5, 0.6) is 0 Å². The predicted molar refractivity (Wildman–Crippen MR) is 77.4 cm³/mol. The van der Waals surface area contributed by atoms with Crippen molar-refractivity contribution in [3.8, 4) is 0 Å². The minimum atomic E-state index is -0.365. The molecule has 0 radical (unpaired) electrons. The van der Waals surface area contributed by atoms with Gasteiger partial charge in [0.05, 0.1) is 6.54 Å². The van der Waals surface area contributed by atoms with Crippen LogP contribution in [-0.2, 0) is 11.2 Å². The third kappa shape index (κ3) is 3.56. The average Bonchev–Trinajstić information content (AvgIpc) is 2.36. The summed E-state index contributed by atoms with van der Waals surface area (Å²) in [7, 11) is 1.83. The van der Waals surface area contributed by atoms with Crippen molar-refractivity contribution in [1.82, 2.24) is 9.97 Å². The third-order valence-electron chi connectivity index (χ3n) is 2.94. The Balaban J connectivity index is 3.31. The van der Waals surface area contributed by atoms with Crippen LogP contribution in [-0.4, -0.2) is 35.5 Å². The first-order valence-corrected chi connectivity index (χ1v) is 6.50. The standard InChI is InChI=1S/C13H23N5O/c1-6-11-16-12(15-5)9(4)13(17-11)18(8(2)3)7-10(14)19/h8H,6-7H2,1-5H3,(H2,14,19)(H,15,16,17). The van der Waals surface area contributed by atoms with E-state index in [0.717, 1.165) is 29.4 Å². The molecule has 0 unspecified atom stereocenters. The molecule has 0 aromatic carbocycles. The molecule has 0 aliphatic rings. The molecule has 106 valence electrons. The van der Waals surface area contributed by atoms with Crippen molar-refractivity contribution in [2.24, 2.45) is 5.73 Å². The number of nitrogens with zero attached hydrogens (tertiary/aromatic N) is 3. The lowest BCUT2D eigenvalue weighted by molar-refractivity contribution is -0.116. The molecule has 1 amide bonds. The molecule has 1 heterocycles. The largest absolute Gasteiger partial charge is 0.373 e. The van der Waals surface area contributed by atoms with Crippen molar-refractivity contribution < 1.29 is 4.79 Å². The molecule has 0 aliphatic carbocycles. The Morgan fingerprint density at radius 3 is 2.47 bits per heavy atom. The first-order valence-electron chi connectivity index (χ1n) is 6.50. The summed E-state index contributed by atoms with van der Waals surface area (Å²) in [6.45, 7) is 8.12. The molecule has 1 rings (SSSR count). The van der Waals surface area contributed by atoms with Gasteiger partial charge in [0.25, 0.3) is 0 Å². The molecule has 1 aromatic rings. The lowest BCUT2D eigenvalue weighted by Crippen LogP contribution is -2.39. The molecule has 0 saturated carbocycles. The van der Waals surface area contributed by atoms with Crippen LogP contribution in [0.2, 0.25) is 0 Å². The summed E-state index contributed by atoms with van der Waals surface area (Å²) >= 11 is 0. The van der Waals surface area contributed by atoms with Gasteiger partial charge in [-0.1, -0.05) is 6.92 Å². The number of rotatable bonds is 6. The minimum Gasteiger partial charge on any atom is -0.373 e. The molecule has 19 heavy (non-hydrogen) atoms. The van der Waals surface area contributed by atoms with Crippen molar-refractivity contribution in [1.29, 1.82) is 0 Å². The molecular formula is C13H23N5O. The van der Waals surface area contributed by atoms with Gasteiger partial charge in [-0.15, -0.1) is 0 Å². The zero-order valence-corrected chi connectivity index (χ0v) is 12.3. The van der Waals surface area contributed by atoms with E-state index in [2.05, 4.69) is 15.3 Å². The highest BCUT2D eigenvalue weighted by molar-refractivity contribution is 5.80. The first kappa shape index (κ1) is 15.2. The van der Waals surface area contributed by atoms with Crippen LogP contribution in [0.1, 0.15) is 32.2 Å². The summed E-state index contributed by atoms with van der Waals surface area (Å²) in [5, 5.41) is 3.06. The Bertz CT molecular complexity index is 459. The Kier molecular flexibility index (Phi) is 5.09. The van der Waals surface area contributed by atoms with Crippen molar-refractivity contribution in [3.05, 3.63) is 11.4 Å². The van der Waals surface area contributed by atoms with Crippen LogP contribution in [0.4, 0.5) is 11.6 Å². The highest BCUT2D eigenvalue weighted by atomic mass is 16.1. The molecular weight excluding hydrogens is 242 g/mol. The van der Waals surface area contributed by atoms with Gasteiger partial charge < -0.3 is 16.0 Å². The van der Waals surface area contributed by atoms with E-state index >= 15 is 0 Å². The maximum atomic E-state index is 11.2. The van der Waals surface area contributed by atoms with Gasteiger partial charge in [0.15, 0.2) is 0 Å². The Morgan fingerprint density at radius 2 is 2.05 bits per heavy atom. The Hall–Kier alpha value is -1.85. The fourth-order valence-electron chi connectivity index (χ4n) is 1.90. The van der Waals surface area contributed by atoms with Gasteiger partial charge in [0.1, 0.15) is 17.5 Å². The van der Waals surface area contributed by atoms with E-state index < -0.39 is 0 Å². The normalized spacial score (nSPS) is 10.6. The Morgan fingerprint density at radius 1 is 1.42 bits per heavy atom. The number of primary amides is 1. The molecule has 0 spiro atoms. The van der Waals surface area contributed by atoms with Gasteiger partial charge in [-0.2, -0.15) is 0 Å². The lowest BCUT2D eigenvalue weighted by Gasteiger charge is -2.28. The summed E-state index contributed by atoms with van der Waals surface area (Å²) in [4.78, 5) is 22.1. The SMILES string of the molecule is CCc1nc(NC)c(C)c(N(CC(N)=O)C(C)C)n1. The number of carbonyl (C=O) groups excluding carboxylic acids is 1. The maximum Gasteiger partial charge on any atom is 0.237 e. The van der Waals surface area contributed by atoms with E-state index in [4.69, 9.17) is 5.73 Å². The maximum absolute atomic E-state index is 11.2. The van der Waals surface area contributed by atoms with E-state index in [9.17, 15) is 4.79 Å². The number of anilines is 2. The fourth-order valence-corrected chi connectivity index (χ4v) is 1.90. The first-order chi connectivity index (χ1) is 8.90. The number of aromatic nitrogens is 2. The van der Waals surface area contributed by atoms with Crippen LogP contribution in [0.3, 0.4) is 0 Å². The number of nitrogens with one attached hydrogen (secondary N) is 1. The van der Waals surface area contributed by atoms with Crippen LogP contribution in [0, 0.1) is 6.92 Å². The van der Waals surface area contributed by atoms with Crippen molar-refractivity contribution in [2.75, 3.05) is 23.8 Å². The number of hydrogen-bond donors (Lipinski definition) is 2. The molecule has 0 aliphatic heterocycles. The molecule has 6 heteroatoms. The van der Waals surface area contributed by atoms with Gasteiger partial charge in [0, 0.05) is 25.1 Å². The van der Waals surface area contributed by atoms with Crippen molar-refractivity contribution in [2.45, 2.75) is 40.2 Å². The van der Waals surface area contributed by atoms with E-state index in [-0.39, 0.29) is 18.5 Å². The second-order valence-corrected chi connectivity index (χ2v) is 4.73. The number of amides is 1. The summed E-state index contributed by atoms with van der Waals surface area (Å²) in [6, 6.07) is 0.135. The van der Waals surface area contributed by atoms with Crippen molar-refractivity contribution in [3.63, 3.8) is 0 Å². The van der Waals surface area contributed by atoms with Crippen LogP contribution >= 0.6 is 0 Å². The van der Waals surface area contributed by atoms with Crippen LogP contribution in [0.15, 0.2) is 0 Å². The van der Waals surface area contributed by atoms with Gasteiger partial charge in [-0.05, 0) is 20.8 Å². The predicted octanol–water partition coefficient (Wildman–Crippen LogP) is 1.09. The second kappa shape index (κ2) is 6.36. The lowest BCUT2D eigenvalue weighted by atomic mass is 10.2. The number of nitrogens with two attached hydrogens (primary N) is 1.